The third-order valence-electron chi connectivity index (χ3n) is 4.24. The van der Waals surface area contributed by atoms with Gasteiger partial charge < -0.3 is 20.7 Å². The van der Waals surface area contributed by atoms with Gasteiger partial charge in [0.25, 0.3) is 5.91 Å². The normalized spacial score (nSPS) is 12.1. The SMILES string of the molecule is COc1ccc(C(=O)NC(NC(=S)Nc2ccc3ccccc3c2)C(Cl)(Cl)Cl)cc1. The van der Waals surface area contributed by atoms with E-state index in [0.29, 0.717) is 11.3 Å². The van der Waals surface area contributed by atoms with Crippen LogP contribution in [0.2, 0.25) is 0 Å². The van der Waals surface area contributed by atoms with Crippen molar-refractivity contribution in [1.29, 1.82) is 0 Å². The third kappa shape index (κ3) is 5.89. The topological polar surface area (TPSA) is 62.4 Å². The van der Waals surface area contributed by atoms with Crippen LogP contribution in [0.4, 0.5) is 5.69 Å². The Kier molecular flexibility index (Phi) is 7.26. The summed E-state index contributed by atoms with van der Waals surface area (Å²) in [6, 6.07) is 20.3. The van der Waals surface area contributed by atoms with Crippen LogP contribution in [0.25, 0.3) is 10.8 Å². The molecule has 0 aliphatic carbocycles. The van der Waals surface area contributed by atoms with Crippen LogP contribution in [0, 0.1) is 0 Å². The van der Waals surface area contributed by atoms with E-state index in [1.807, 2.05) is 42.5 Å². The number of fused-ring (bicyclic) bond motifs is 1. The van der Waals surface area contributed by atoms with Gasteiger partial charge in [-0.15, -0.1) is 0 Å². The Bertz CT molecular complexity index is 1060. The summed E-state index contributed by atoms with van der Waals surface area (Å²) < 4.78 is 3.24. The van der Waals surface area contributed by atoms with Crippen LogP contribution < -0.4 is 20.7 Å². The predicted molar refractivity (Wildman–Crippen MR) is 128 cm³/mol. The van der Waals surface area contributed by atoms with Crippen LogP contribution in [0.1, 0.15) is 10.4 Å². The molecule has 0 spiro atoms. The summed E-state index contributed by atoms with van der Waals surface area (Å²) in [6.07, 6.45) is -1.07. The van der Waals surface area contributed by atoms with Gasteiger partial charge >= 0.3 is 0 Å². The van der Waals surface area contributed by atoms with Crippen molar-refractivity contribution in [3.63, 3.8) is 0 Å². The molecule has 3 aromatic carbocycles. The number of nitrogens with one attached hydrogen (secondary N) is 3. The molecule has 156 valence electrons. The highest BCUT2D eigenvalue weighted by atomic mass is 35.6. The first kappa shape index (κ1) is 22.4. The van der Waals surface area contributed by atoms with E-state index in [1.54, 1.807) is 31.4 Å². The minimum atomic E-state index is -1.85. The molecule has 3 N–H and O–H groups in total. The van der Waals surface area contributed by atoms with Gasteiger partial charge in [-0.1, -0.05) is 65.1 Å². The van der Waals surface area contributed by atoms with Crippen molar-refractivity contribution in [2.24, 2.45) is 0 Å². The largest absolute Gasteiger partial charge is 0.497 e. The maximum atomic E-state index is 12.6. The molecule has 0 fully saturated rings. The van der Waals surface area contributed by atoms with Crippen molar-refractivity contribution in [1.82, 2.24) is 10.6 Å². The molecule has 0 aromatic heterocycles. The molecule has 9 heteroatoms. The summed E-state index contributed by atoms with van der Waals surface area (Å²) in [4.78, 5) is 12.6. The zero-order valence-electron chi connectivity index (χ0n) is 15.8. The summed E-state index contributed by atoms with van der Waals surface area (Å²) in [7, 11) is 1.54. The van der Waals surface area contributed by atoms with Gasteiger partial charge in [0.2, 0.25) is 3.79 Å². The number of hydrogen-bond donors (Lipinski definition) is 3. The van der Waals surface area contributed by atoms with E-state index in [4.69, 9.17) is 51.8 Å². The summed E-state index contributed by atoms with van der Waals surface area (Å²) in [5.41, 5.74) is 1.14. The number of methoxy groups -OCH3 is 1. The van der Waals surface area contributed by atoms with Crippen molar-refractivity contribution >= 4 is 74.5 Å². The van der Waals surface area contributed by atoms with E-state index in [9.17, 15) is 4.79 Å². The Morgan fingerprint density at radius 1 is 0.967 bits per heavy atom. The molecule has 3 rings (SSSR count). The molecule has 0 aliphatic heterocycles. The first-order valence-corrected chi connectivity index (χ1v) is 10.4. The maximum absolute atomic E-state index is 12.6. The Morgan fingerprint density at radius 3 is 2.27 bits per heavy atom. The highest BCUT2D eigenvalue weighted by Crippen LogP contribution is 2.29. The molecule has 0 aliphatic rings. The lowest BCUT2D eigenvalue weighted by atomic mass is 10.1. The van der Waals surface area contributed by atoms with Crippen molar-refractivity contribution < 1.29 is 9.53 Å². The Morgan fingerprint density at radius 2 is 1.63 bits per heavy atom. The molecule has 0 bridgehead atoms. The van der Waals surface area contributed by atoms with Crippen molar-refractivity contribution in [2.75, 3.05) is 12.4 Å². The van der Waals surface area contributed by atoms with Gasteiger partial charge in [0, 0.05) is 11.3 Å². The molecular weight excluding hydrogens is 465 g/mol. The van der Waals surface area contributed by atoms with Gasteiger partial charge in [-0.05, 0) is 59.4 Å². The molecule has 0 saturated carbocycles. The number of alkyl halides is 3. The van der Waals surface area contributed by atoms with E-state index in [1.165, 1.54) is 0 Å². The molecule has 3 aromatic rings. The maximum Gasteiger partial charge on any atom is 0.252 e. The lowest BCUT2D eigenvalue weighted by Crippen LogP contribution is -2.56. The quantitative estimate of drug-likeness (QED) is 0.263. The van der Waals surface area contributed by atoms with Crippen LogP contribution in [0.15, 0.2) is 66.7 Å². The number of hydrogen-bond acceptors (Lipinski definition) is 3. The number of benzene rings is 3. The van der Waals surface area contributed by atoms with Gasteiger partial charge in [-0.3, -0.25) is 4.79 Å². The number of amides is 1. The molecule has 0 saturated heterocycles. The summed E-state index contributed by atoms with van der Waals surface area (Å²) in [5, 5.41) is 10.9. The minimum Gasteiger partial charge on any atom is -0.497 e. The van der Waals surface area contributed by atoms with Crippen LogP contribution in [0.3, 0.4) is 0 Å². The molecule has 1 atom stereocenters. The van der Waals surface area contributed by atoms with Gasteiger partial charge in [-0.2, -0.15) is 0 Å². The first-order valence-electron chi connectivity index (χ1n) is 8.84. The molecule has 0 heterocycles. The molecule has 5 nitrogen and oxygen atoms in total. The van der Waals surface area contributed by atoms with Crippen molar-refractivity contribution in [3.8, 4) is 5.75 Å². The van der Waals surface area contributed by atoms with Gasteiger partial charge in [-0.25, -0.2) is 0 Å². The lowest BCUT2D eigenvalue weighted by molar-refractivity contribution is 0.0934. The summed E-state index contributed by atoms with van der Waals surface area (Å²) in [5.74, 6) is 0.193. The monoisotopic (exact) mass is 481 g/mol. The molecule has 1 unspecified atom stereocenters. The highest BCUT2D eigenvalue weighted by Gasteiger charge is 2.34. The zero-order chi connectivity index (χ0) is 21.7. The third-order valence-corrected chi connectivity index (χ3v) is 5.11. The van der Waals surface area contributed by atoms with Crippen LogP contribution in [0.5, 0.6) is 5.75 Å². The fourth-order valence-corrected chi connectivity index (χ4v) is 3.28. The van der Waals surface area contributed by atoms with Crippen LogP contribution >= 0.6 is 47.0 Å². The zero-order valence-corrected chi connectivity index (χ0v) is 18.9. The number of rotatable bonds is 5. The summed E-state index contributed by atoms with van der Waals surface area (Å²) in [6.45, 7) is 0. The van der Waals surface area contributed by atoms with Crippen molar-refractivity contribution in [3.05, 3.63) is 72.3 Å². The van der Waals surface area contributed by atoms with Gasteiger partial charge in [0.15, 0.2) is 5.11 Å². The Hall–Kier alpha value is -2.25. The smallest absolute Gasteiger partial charge is 0.252 e. The predicted octanol–water partition coefficient (Wildman–Crippen LogP) is 5.26. The van der Waals surface area contributed by atoms with E-state index < -0.39 is 15.9 Å². The Balaban J connectivity index is 1.68. The first-order chi connectivity index (χ1) is 14.3. The second-order valence-electron chi connectivity index (χ2n) is 6.34. The lowest BCUT2D eigenvalue weighted by Gasteiger charge is -2.27. The van der Waals surface area contributed by atoms with Gasteiger partial charge in [0.05, 0.1) is 7.11 Å². The fourth-order valence-electron chi connectivity index (χ4n) is 2.72. The van der Waals surface area contributed by atoms with E-state index in [2.05, 4.69) is 16.0 Å². The van der Waals surface area contributed by atoms with E-state index >= 15 is 0 Å². The molecule has 0 radical (unpaired) electrons. The minimum absolute atomic E-state index is 0.191. The average Bonchev–Trinajstić information content (AvgIpc) is 2.72. The molecule has 30 heavy (non-hydrogen) atoms. The molecular formula is C21H18Cl3N3O2S. The molecule has 1 amide bonds. The number of carbonyl (C=O) groups excluding carboxylic acids is 1. The number of carbonyl (C=O) groups is 1. The highest BCUT2D eigenvalue weighted by molar-refractivity contribution is 7.80. The Labute approximate surface area is 194 Å². The van der Waals surface area contributed by atoms with Crippen molar-refractivity contribution in [2.45, 2.75) is 9.96 Å². The standard InChI is InChI=1S/C21H18Cl3N3O2S/c1-29-17-10-7-14(8-11-17)18(28)26-19(21(22,23)24)27-20(30)25-16-9-6-13-4-2-3-5-15(13)12-16/h2-12,19H,1H3,(H,26,28)(H2,25,27,30). The van der Waals surface area contributed by atoms with Gasteiger partial charge in [0.1, 0.15) is 11.9 Å². The van der Waals surface area contributed by atoms with E-state index in [0.717, 1.165) is 16.5 Å². The fraction of sp³-hybridized carbons (Fsp3) is 0.143. The number of anilines is 1. The van der Waals surface area contributed by atoms with Crippen LogP contribution in [-0.2, 0) is 0 Å². The number of halogens is 3. The second-order valence-corrected chi connectivity index (χ2v) is 9.11. The average molecular weight is 483 g/mol. The number of thiocarbonyl (C=S) groups is 1. The number of ether oxygens (including phenoxy) is 1. The summed E-state index contributed by atoms with van der Waals surface area (Å²) >= 11 is 23.5. The van der Waals surface area contributed by atoms with Crippen LogP contribution in [-0.4, -0.2) is 28.1 Å². The van der Waals surface area contributed by atoms with E-state index in [-0.39, 0.29) is 5.11 Å². The second kappa shape index (κ2) is 9.71.